The summed E-state index contributed by atoms with van der Waals surface area (Å²) < 4.78 is 0. The molecule has 1 saturated heterocycles. The Morgan fingerprint density at radius 2 is 1.83 bits per heavy atom. The van der Waals surface area contributed by atoms with Gasteiger partial charge in [0.1, 0.15) is 6.17 Å². The Morgan fingerprint density at radius 3 is 2.50 bits per heavy atom. The fourth-order valence-corrected chi connectivity index (χ4v) is 3.14. The minimum absolute atomic E-state index is 0.0844. The number of hydrogen-bond donors (Lipinski definition) is 1. The van der Waals surface area contributed by atoms with E-state index >= 15 is 0 Å². The summed E-state index contributed by atoms with van der Waals surface area (Å²) in [5.74, 6) is 0.257. The predicted octanol–water partition coefficient (Wildman–Crippen LogP) is 2.37. The molecule has 0 radical (unpaired) electrons. The molecule has 1 atom stereocenters. The van der Waals surface area contributed by atoms with Crippen molar-refractivity contribution in [2.75, 3.05) is 6.54 Å². The molecule has 3 nitrogen and oxygen atoms in total. The molecule has 3 rings (SSSR count). The smallest absolute Gasteiger partial charge is 0.238 e. The van der Waals surface area contributed by atoms with Crippen molar-refractivity contribution in [1.29, 1.82) is 0 Å². The molecule has 2 fully saturated rings. The topological polar surface area (TPSA) is 32.3 Å². The Labute approximate surface area is 108 Å². The Hall–Kier alpha value is -1.35. The van der Waals surface area contributed by atoms with Gasteiger partial charge in [-0.1, -0.05) is 42.7 Å². The average Bonchev–Trinajstić information content (AvgIpc) is 2.99. The molecule has 1 saturated carbocycles. The van der Waals surface area contributed by atoms with E-state index in [4.69, 9.17) is 0 Å². The molecular weight excluding hydrogens is 224 g/mol. The van der Waals surface area contributed by atoms with E-state index in [1.165, 1.54) is 24.0 Å². The number of aryl methyl sites for hydroxylation is 1. The number of rotatable bonds is 2. The van der Waals surface area contributed by atoms with E-state index in [1.54, 1.807) is 0 Å². The highest BCUT2D eigenvalue weighted by atomic mass is 16.2. The van der Waals surface area contributed by atoms with E-state index in [-0.39, 0.29) is 12.1 Å². The summed E-state index contributed by atoms with van der Waals surface area (Å²) in [4.78, 5) is 14.2. The lowest BCUT2D eigenvalue weighted by Crippen LogP contribution is -2.38. The van der Waals surface area contributed by atoms with Crippen LogP contribution in [0.4, 0.5) is 0 Å². The number of carbonyl (C=O) groups is 1. The van der Waals surface area contributed by atoms with E-state index in [2.05, 4.69) is 41.4 Å². The number of benzene rings is 1. The normalized spacial score (nSPS) is 25.1. The molecule has 1 aromatic carbocycles. The lowest BCUT2D eigenvalue weighted by molar-refractivity contribution is -0.130. The van der Waals surface area contributed by atoms with Crippen LogP contribution in [0.3, 0.4) is 0 Å². The summed E-state index contributed by atoms with van der Waals surface area (Å²) in [7, 11) is 0. The van der Waals surface area contributed by atoms with Crippen LogP contribution in [-0.2, 0) is 4.79 Å². The molecular formula is C15H20N2O. The number of amides is 1. The highest BCUT2D eigenvalue weighted by molar-refractivity contribution is 5.81. The van der Waals surface area contributed by atoms with E-state index in [9.17, 15) is 4.79 Å². The standard InChI is InChI=1S/C15H20N2O/c1-11-6-8-12(9-7-11)15-16-10-14(18)17(15)13-4-2-3-5-13/h6-9,13,15-16H,2-5,10H2,1H3. The van der Waals surface area contributed by atoms with Gasteiger partial charge in [-0.2, -0.15) is 0 Å². The third-order valence-corrected chi connectivity index (χ3v) is 4.12. The zero-order chi connectivity index (χ0) is 12.5. The fraction of sp³-hybridized carbons (Fsp3) is 0.533. The van der Waals surface area contributed by atoms with Crippen molar-refractivity contribution in [3.8, 4) is 0 Å². The van der Waals surface area contributed by atoms with Crippen LogP contribution in [0.15, 0.2) is 24.3 Å². The van der Waals surface area contributed by atoms with Gasteiger partial charge in [0, 0.05) is 6.04 Å². The van der Waals surface area contributed by atoms with Crippen LogP contribution in [0, 0.1) is 6.92 Å². The van der Waals surface area contributed by atoms with E-state index in [1.807, 2.05) is 0 Å². The van der Waals surface area contributed by atoms with Crippen molar-refractivity contribution in [3.05, 3.63) is 35.4 Å². The Kier molecular flexibility index (Phi) is 3.08. The Morgan fingerprint density at radius 1 is 1.17 bits per heavy atom. The first-order chi connectivity index (χ1) is 8.75. The molecule has 1 aliphatic heterocycles. The summed E-state index contributed by atoms with van der Waals surface area (Å²) in [6, 6.07) is 8.94. The fourth-order valence-electron chi connectivity index (χ4n) is 3.14. The SMILES string of the molecule is Cc1ccc(C2NCC(=O)N2C2CCCC2)cc1. The summed E-state index contributed by atoms with van der Waals surface area (Å²) >= 11 is 0. The molecule has 3 heteroatoms. The number of carbonyl (C=O) groups excluding carboxylic acids is 1. The van der Waals surface area contributed by atoms with E-state index in [0.717, 1.165) is 12.8 Å². The monoisotopic (exact) mass is 244 g/mol. The van der Waals surface area contributed by atoms with E-state index < -0.39 is 0 Å². The van der Waals surface area contributed by atoms with Crippen LogP contribution < -0.4 is 5.32 Å². The van der Waals surface area contributed by atoms with E-state index in [0.29, 0.717) is 12.6 Å². The maximum atomic E-state index is 12.1. The molecule has 1 heterocycles. The van der Waals surface area contributed by atoms with Crippen molar-refractivity contribution < 1.29 is 4.79 Å². The van der Waals surface area contributed by atoms with Crippen LogP contribution in [0.5, 0.6) is 0 Å². The summed E-state index contributed by atoms with van der Waals surface area (Å²) in [6.07, 6.45) is 4.93. The van der Waals surface area contributed by atoms with Crippen molar-refractivity contribution in [2.24, 2.45) is 0 Å². The molecule has 1 N–H and O–H groups in total. The van der Waals surface area contributed by atoms with Crippen LogP contribution in [0.2, 0.25) is 0 Å². The molecule has 0 bridgehead atoms. The molecule has 0 aromatic heterocycles. The molecule has 1 unspecified atom stereocenters. The third-order valence-electron chi connectivity index (χ3n) is 4.12. The zero-order valence-electron chi connectivity index (χ0n) is 10.9. The number of nitrogens with one attached hydrogen (secondary N) is 1. The first-order valence-corrected chi connectivity index (χ1v) is 6.87. The summed E-state index contributed by atoms with van der Waals surface area (Å²) in [5.41, 5.74) is 2.47. The van der Waals surface area contributed by atoms with Gasteiger partial charge in [0.25, 0.3) is 0 Å². The molecule has 1 aromatic rings. The van der Waals surface area contributed by atoms with Gasteiger partial charge in [-0.05, 0) is 25.3 Å². The summed E-state index contributed by atoms with van der Waals surface area (Å²) in [5, 5.41) is 3.35. The minimum atomic E-state index is 0.0844. The van der Waals surface area contributed by atoms with Gasteiger partial charge in [-0.25, -0.2) is 0 Å². The van der Waals surface area contributed by atoms with Gasteiger partial charge in [-0.3, -0.25) is 10.1 Å². The number of nitrogens with zero attached hydrogens (tertiary/aromatic N) is 1. The highest BCUT2D eigenvalue weighted by Crippen LogP contribution is 2.32. The van der Waals surface area contributed by atoms with Crippen LogP contribution in [0.1, 0.15) is 43.0 Å². The molecule has 96 valence electrons. The van der Waals surface area contributed by atoms with Gasteiger partial charge in [0.15, 0.2) is 0 Å². The quantitative estimate of drug-likeness (QED) is 0.866. The van der Waals surface area contributed by atoms with Gasteiger partial charge in [0.2, 0.25) is 5.91 Å². The molecule has 1 amide bonds. The first kappa shape index (κ1) is 11.7. The van der Waals surface area contributed by atoms with Crippen molar-refractivity contribution >= 4 is 5.91 Å². The van der Waals surface area contributed by atoms with Gasteiger partial charge < -0.3 is 4.90 Å². The Balaban J connectivity index is 1.85. The lowest BCUT2D eigenvalue weighted by Gasteiger charge is -2.30. The lowest BCUT2D eigenvalue weighted by atomic mass is 10.1. The second-order valence-electron chi connectivity index (χ2n) is 5.43. The van der Waals surface area contributed by atoms with Crippen LogP contribution >= 0.6 is 0 Å². The average molecular weight is 244 g/mol. The largest absolute Gasteiger partial charge is 0.319 e. The maximum Gasteiger partial charge on any atom is 0.238 e. The van der Waals surface area contributed by atoms with Gasteiger partial charge >= 0.3 is 0 Å². The zero-order valence-corrected chi connectivity index (χ0v) is 10.9. The van der Waals surface area contributed by atoms with Crippen LogP contribution in [0.25, 0.3) is 0 Å². The molecule has 1 aliphatic carbocycles. The maximum absolute atomic E-state index is 12.1. The second kappa shape index (κ2) is 4.73. The molecule has 2 aliphatic rings. The predicted molar refractivity (Wildman–Crippen MR) is 71.0 cm³/mol. The second-order valence-corrected chi connectivity index (χ2v) is 5.43. The van der Waals surface area contributed by atoms with Crippen molar-refractivity contribution in [3.63, 3.8) is 0 Å². The first-order valence-electron chi connectivity index (χ1n) is 6.87. The van der Waals surface area contributed by atoms with Crippen LogP contribution in [-0.4, -0.2) is 23.4 Å². The third kappa shape index (κ3) is 2.03. The highest BCUT2D eigenvalue weighted by Gasteiger charge is 2.37. The summed E-state index contributed by atoms with van der Waals surface area (Å²) in [6.45, 7) is 2.57. The minimum Gasteiger partial charge on any atom is -0.319 e. The van der Waals surface area contributed by atoms with Crippen molar-refractivity contribution in [2.45, 2.75) is 44.8 Å². The molecule has 18 heavy (non-hydrogen) atoms. The van der Waals surface area contributed by atoms with Gasteiger partial charge in [-0.15, -0.1) is 0 Å². The van der Waals surface area contributed by atoms with Crippen molar-refractivity contribution in [1.82, 2.24) is 10.2 Å². The van der Waals surface area contributed by atoms with Gasteiger partial charge in [0.05, 0.1) is 6.54 Å². The Bertz CT molecular complexity index is 434. The molecule has 0 spiro atoms. The number of hydrogen-bond acceptors (Lipinski definition) is 2.